The van der Waals surface area contributed by atoms with Crippen LogP contribution < -0.4 is 17.2 Å². The quantitative estimate of drug-likeness (QED) is 0.0928. The molecule has 0 heterocycles. The maximum absolute atomic E-state index is 12.7. The highest BCUT2D eigenvalue weighted by atomic mass is 16.5. The molecule has 39 heavy (non-hydrogen) atoms. The number of rotatable bonds is 11. The van der Waals surface area contributed by atoms with Crippen molar-refractivity contribution in [2.24, 2.45) is 68.5 Å². The lowest BCUT2D eigenvalue weighted by molar-refractivity contribution is -0.153. The van der Waals surface area contributed by atoms with Crippen LogP contribution >= 0.6 is 0 Å². The van der Waals surface area contributed by atoms with Gasteiger partial charge in [0.25, 0.3) is 0 Å². The summed E-state index contributed by atoms with van der Waals surface area (Å²) in [5, 5.41) is 0. The number of nitrogens with zero attached hydrogens (tertiary/aromatic N) is 1. The lowest BCUT2D eigenvalue weighted by atomic mass is 9.47. The summed E-state index contributed by atoms with van der Waals surface area (Å²) in [5.74, 6) is 4.83. The van der Waals surface area contributed by atoms with Gasteiger partial charge in [-0.05, 0) is 104 Å². The van der Waals surface area contributed by atoms with Crippen LogP contribution in [0.15, 0.2) is 16.6 Å². The average Bonchev–Trinajstić information content (AvgIpc) is 3.23. The van der Waals surface area contributed by atoms with Crippen molar-refractivity contribution in [3.05, 3.63) is 11.6 Å². The molecule has 9 atom stereocenters. The molecule has 0 aromatic carbocycles. The van der Waals surface area contributed by atoms with Gasteiger partial charge in [0.15, 0.2) is 5.96 Å². The summed E-state index contributed by atoms with van der Waals surface area (Å²) < 4.78 is 5.94. The molecule has 0 aliphatic heterocycles. The minimum Gasteiger partial charge on any atom is -0.461 e. The largest absolute Gasteiger partial charge is 0.461 e. The summed E-state index contributed by atoms with van der Waals surface area (Å²) in [6, 6.07) is -0.615. The van der Waals surface area contributed by atoms with Crippen LogP contribution in [0.4, 0.5) is 0 Å². The van der Waals surface area contributed by atoms with Crippen molar-refractivity contribution in [2.45, 2.75) is 130 Å². The summed E-state index contributed by atoms with van der Waals surface area (Å²) in [7, 11) is 0. The normalized spacial score (nSPS) is 37.2. The van der Waals surface area contributed by atoms with Gasteiger partial charge in [0, 0.05) is 13.0 Å². The number of hydrogen-bond donors (Lipinski definition) is 3. The maximum Gasteiger partial charge on any atom is 0.323 e. The van der Waals surface area contributed by atoms with Gasteiger partial charge in [0.05, 0.1) is 0 Å². The van der Waals surface area contributed by atoms with E-state index in [1.807, 2.05) is 0 Å². The number of aliphatic imine (C=N–C) groups is 1. The van der Waals surface area contributed by atoms with Crippen molar-refractivity contribution < 1.29 is 9.53 Å². The first-order valence-electron chi connectivity index (χ1n) is 16.2. The average molecular weight is 543 g/mol. The highest BCUT2D eigenvalue weighted by Gasteiger charge is 2.59. The molecule has 6 heteroatoms. The topological polar surface area (TPSA) is 117 Å². The molecule has 0 radical (unpaired) electrons. The number of nitrogens with two attached hydrogens (primary N) is 3. The van der Waals surface area contributed by atoms with Gasteiger partial charge in [-0.1, -0.05) is 65.5 Å². The zero-order valence-electron chi connectivity index (χ0n) is 25.6. The Kier molecular flexibility index (Phi) is 9.77. The standard InChI is InChI=1S/C33H58N4O2/c1-21(2)8-6-9-22(3)26-13-14-27-25-12-11-23-20-24(39-30(38)29(34)10-7-19-37-31(35)36)15-17-32(23,4)28(25)16-18-33(26,27)5/h11,21-22,24-29H,6-10,12-20,34H2,1-5H3,(H4,35,36,37)/t22-,24+,25+,26-,27+,28+,29?,32+,33-/m1/s1. The van der Waals surface area contributed by atoms with Crippen LogP contribution in [0.1, 0.15) is 118 Å². The predicted octanol–water partition coefficient (Wildman–Crippen LogP) is 6.32. The molecule has 222 valence electrons. The summed E-state index contributed by atoms with van der Waals surface area (Å²) in [6.45, 7) is 13.0. The molecule has 0 saturated heterocycles. The molecular weight excluding hydrogens is 484 g/mol. The Morgan fingerprint density at radius 3 is 2.51 bits per heavy atom. The van der Waals surface area contributed by atoms with Crippen molar-refractivity contribution in [3.63, 3.8) is 0 Å². The van der Waals surface area contributed by atoms with Gasteiger partial charge < -0.3 is 21.9 Å². The molecule has 1 unspecified atom stereocenters. The molecule has 0 aromatic rings. The summed E-state index contributed by atoms with van der Waals surface area (Å²) >= 11 is 0. The molecule has 0 aromatic heterocycles. The first-order chi connectivity index (χ1) is 18.5. The molecule has 0 amide bonds. The summed E-state index contributed by atoms with van der Waals surface area (Å²) in [4.78, 5) is 16.7. The van der Waals surface area contributed by atoms with E-state index in [4.69, 9.17) is 21.9 Å². The van der Waals surface area contributed by atoms with Crippen LogP contribution in [0.2, 0.25) is 0 Å². The Balaban J connectivity index is 1.35. The van der Waals surface area contributed by atoms with Gasteiger partial charge in [-0.2, -0.15) is 0 Å². The fraction of sp³-hybridized carbons (Fsp3) is 0.879. The first kappa shape index (κ1) is 30.4. The molecule has 3 saturated carbocycles. The van der Waals surface area contributed by atoms with Gasteiger partial charge in [0.1, 0.15) is 12.1 Å². The van der Waals surface area contributed by atoms with Gasteiger partial charge >= 0.3 is 5.97 Å². The summed E-state index contributed by atoms with van der Waals surface area (Å²) in [5.41, 5.74) is 19.2. The fourth-order valence-corrected chi connectivity index (χ4v) is 9.64. The Bertz CT molecular complexity index is 911. The number of carbonyl (C=O) groups excluding carboxylic acids is 1. The number of hydrogen-bond acceptors (Lipinski definition) is 4. The van der Waals surface area contributed by atoms with Gasteiger partial charge in [-0.15, -0.1) is 0 Å². The minimum atomic E-state index is -0.615. The van der Waals surface area contributed by atoms with E-state index in [1.165, 1.54) is 51.4 Å². The fourth-order valence-electron chi connectivity index (χ4n) is 9.64. The zero-order chi connectivity index (χ0) is 28.4. The molecule has 0 spiro atoms. The summed E-state index contributed by atoms with van der Waals surface area (Å²) in [6.07, 6.45) is 17.7. The van der Waals surface area contributed by atoms with E-state index in [0.29, 0.717) is 24.8 Å². The van der Waals surface area contributed by atoms with E-state index in [-0.39, 0.29) is 23.4 Å². The second-order valence-corrected chi connectivity index (χ2v) is 14.6. The molecule has 6 N–H and O–H groups in total. The molecule has 4 rings (SSSR count). The van der Waals surface area contributed by atoms with Crippen molar-refractivity contribution in [2.75, 3.05) is 6.54 Å². The molecule has 0 bridgehead atoms. The van der Waals surface area contributed by atoms with Gasteiger partial charge in [-0.25, -0.2) is 0 Å². The van der Waals surface area contributed by atoms with E-state index in [9.17, 15) is 4.79 Å². The molecular formula is C33H58N4O2. The molecule has 4 aliphatic rings. The number of ether oxygens (including phenoxy) is 1. The SMILES string of the molecule is CC(C)CCC[C@@H](C)[C@H]1CC[C@H]2[C@@H]3CC=C4C[C@@H](OC(=O)C(N)CCCN=C(N)N)CC[C@]4(C)[C@H]3CC[C@]12C. The number of fused-ring (bicyclic) bond motifs is 5. The van der Waals surface area contributed by atoms with Crippen molar-refractivity contribution in [1.29, 1.82) is 0 Å². The van der Waals surface area contributed by atoms with Gasteiger partial charge in [-0.3, -0.25) is 9.79 Å². The van der Waals surface area contributed by atoms with E-state index >= 15 is 0 Å². The molecule has 6 nitrogen and oxygen atoms in total. The van der Waals surface area contributed by atoms with Crippen LogP contribution in [0, 0.1) is 46.3 Å². The van der Waals surface area contributed by atoms with Crippen molar-refractivity contribution in [1.82, 2.24) is 0 Å². The number of esters is 1. The first-order valence-corrected chi connectivity index (χ1v) is 16.2. The molecule has 3 fully saturated rings. The zero-order valence-corrected chi connectivity index (χ0v) is 25.6. The van der Waals surface area contributed by atoms with Crippen LogP contribution in [-0.4, -0.2) is 30.6 Å². The number of guanidine groups is 1. The van der Waals surface area contributed by atoms with E-state index in [2.05, 4.69) is 45.7 Å². The maximum atomic E-state index is 12.7. The predicted molar refractivity (Wildman–Crippen MR) is 161 cm³/mol. The monoisotopic (exact) mass is 542 g/mol. The Morgan fingerprint density at radius 2 is 1.79 bits per heavy atom. The van der Waals surface area contributed by atoms with Crippen molar-refractivity contribution >= 4 is 11.9 Å². The third-order valence-corrected chi connectivity index (χ3v) is 11.8. The van der Waals surface area contributed by atoms with Crippen LogP contribution in [0.25, 0.3) is 0 Å². The highest BCUT2D eigenvalue weighted by Crippen LogP contribution is 2.67. The van der Waals surface area contributed by atoms with Crippen LogP contribution in [-0.2, 0) is 9.53 Å². The second kappa shape index (κ2) is 12.5. The Morgan fingerprint density at radius 1 is 1.03 bits per heavy atom. The minimum absolute atomic E-state index is 0.0476. The third kappa shape index (κ3) is 6.52. The van der Waals surface area contributed by atoms with Crippen LogP contribution in [0.5, 0.6) is 0 Å². The smallest absolute Gasteiger partial charge is 0.323 e. The van der Waals surface area contributed by atoms with Crippen molar-refractivity contribution in [3.8, 4) is 0 Å². The van der Waals surface area contributed by atoms with E-state index in [0.717, 1.165) is 54.8 Å². The van der Waals surface area contributed by atoms with E-state index < -0.39 is 6.04 Å². The Hall–Kier alpha value is -1.56. The van der Waals surface area contributed by atoms with Gasteiger partial charge in [0.2, 0.25) is 0 Å². The lowest BCUT2D eigenvalue weighted by Gasteiger charge is -2.58. The lowest BCUT2D eigenvalue weighted by Crippen LogP contribution is -2.51. The second-order valence-electron chi connectivity index (χ2n) is 14.6. The van der Waals surface area contributed by atoms with Crippen LogP contribution in [0.3, 0.4) is 0 Å². The Labute approximate surface area is 238 Å². The number of allylic oxidation sites excluding steroid dienone is 1. The highest BCUT2D eigenvalue weighted by molar-refractivity contribution is 5.76. The third-order valence-electron chi connectivity index (χ3n) is 11.8. The number of carbonyl (C=O) groups is 1. The molecule has 4 aliphatic carbocycles. The van der Waals surface area contributed by atoms with E-state index in [1.54, 1.807) is 5.57 Å².